The first-order valence-electron chi connectivity index (χ1n) is 8.85. The highest BCUT2D eigenvalue weighted by molar-refractivity contribution is 7.89. The molecule has 0 atom stereocenters. The second-order valence-corrected chi connectivity index (χ2v) is 8.68. The molecule has 146 valence electrons. The Balaban J connectivity index is 1.91. The number of aromatic nitrogens is 2. The molecule has 7 nitrogen and oxygen atoms in total. The predicted octanol–water partition coefficient (Wildman–Crippen LogP) is 3.22. The number of hydrogen-bond donors (Lipinski definition) is 2. The number of amides is 1. The fraction of sp³-hybridized carbons (Fsp3) is 0.389. The molecule has 1 aromatic heterocycles. The quantitative estimate of drug-likeness (QED) is 0.464. The van der Waals surface area contributed by atoms with Crippen LogP contribution in [0.3, 0.4) is 0 Å². The van der Waals surface area contributed by atoms with E-state index in [0.29, 0.717) is 11.7 Å². The van der Waals surface area contributed by atoms with Crippen molar-refractivity contribution < 1.29 is 13.2 Å². The number of unbranched alkanes of at least 4 members (excludes halogenated alkanes) is 2. The number of hydrogen-bond acceptors (Lipinski definition) is 6. The van der Waals surface area contributed by atoms with Crippen LogP contribution < -0.4 is 10.0 Å². The summed E-state index contributed by atoms with van der Waals surface area (Å²) in [6.45, 7) is 4.20. The molecule has 0 spiro atoms. The number of sulfonamides is 1. The number of carbonyl (C=O) groups is 1. The fourth-order valence-electron chi connectivity index (χ4n) is 2.28. The maximum Gasteiger partial charge on any atom is 0.250 e. The van der Waals surface area contributed by atoms with Gasteiger partial charge in [-0.1, -0.05) is 50.2 Å². The van der Waals surface area contributed by atoms with E-state index < -0.39 is 10.0 Å². The van der Waals surface area contributed by atoms with E-state index in [1.807, 2.05) is 0 Å². The lowest BCUT2D eigenvalue weighted by Crippen LogP contribution is -2.22. The molecule has 0 saturated carbocycles. The summed E-state index contributed by atoms with van der Waals surface area (Å²) >= 11 is 1.38. The Hall–Kier alpha value is -2.10. The number of nitrogens with zero attached hydrogens (tertiary/aromatic N) is 2. The summed E-state index contributed by atoms with van der Waals surface area (Å²) in [5, 5.41) is 12.1. The van der Waals surface area contributed by atoms with Gasteiger partial charge in [0.05, 0.1) is 4.90 Å². The van der Waals surface area contributed by atoms with E-state index in [-0.39, 0.29) is 10.8 Å². The molecule has 0 aliphatic rings. The standard InChI is InChI=1S/C18H24N4O3S2/c1-3-5-6-7-17-21-22-18(26-17)20-16(23)13-10-14-8-11-15(12-9-14)27(24,25)19-4-2/h8-13,19H,3-7H2,1-2H3,(H,20,22,23)/b13-10+. The molecule has 0 aliphatic heterocycles. The van der Waals surface area contributed by atoms with Crippen molar-refractivity contribution in [3.8, 4) is 0 Å². The van der Waals surface area contributed by atoms with Gasteiger partial charge in [0.15, 0.2) is 0 Å². The lowest BCUT2D eigenvalue weighted by molar-refractivity contribution is -0.111. The number of rotatable bonds is 10. The zero-order valence-electron chi connectivity index (χ0n) is 15.4. The van der Waals surface area contributed by atoms with Crippen molar-refractivity contribution in [1.82, 2.24) is 14.9 Å². The van der Waals surface area contributed by atoms with Crippen LogP contribution in [0.4, 0.5) is 5.13 Å². The largest absolute Gasteiger partial charge is 0.297 e. The number of nitrogens with one attached hydrogen (secondary N) is 2. The summed E-state index contributed by atoms with van der Waals surface area (Å²) in [5.74, 6) is -0.310. The Kier molecular flexibility index (Phi) is 8.08. The van der Waals surface area contributed by atoms with Gasteiger partial charge >= 0.3 is 0 Å². The summed E-state index contributed by atoms with van der Waals surface area (Å²) in [4.78, 5) is 12.2. The molecule has 0 radical (unpaired) electrons. The SMILES string of the molecule is CCCCCc1nnc(NC(=O)/C=C/c2ccc(S(=O)(=O)NCC)cc2)s1. The van der Waals surface area contributed by atoms with Crippen LogP contribution in [-0.2, 0) is 21.2 Å². The highest BCUT2D eigenvalue weighted by Gasteiger charge is 2.11. The molecule has 2 rings (SSSR count). The minimum atomic E-state index is -3.47. The van der Waals surface area contributed by atoms with Crippen LogP contribution in [0.2, 0.25) is 0 Å². The minimum absolute atomic E-state index is 0.190. The third-order valence-corrected chi connectivity index (χ3v) is 6.10. The van der Waals surface area contributed by atoms with Crippen molar-refractivity contribution in [2.75, 3.05) is 11.9 Å². The van der Waals surface area contributed by atoms with Crippen molar-refractivity contribution in [2.24, 2.45) is 0 Å². The monoisotopic (exact) mass is 408 g/mol. The number of carbonyl (C=O) groups excluding carboxylic acids is 1. The van der Waals surface area contributed by atoms with Gasteiger partial charge in [0, 0.05) is 19.0 Å². The summed E-state index contributed by atoms with van der Waals surface area (Å²) in [6.07, 6.45) is 7.24. The van der Waals surface area contributed by atoms with E-state index in [9.17, 15) is 13.2 Å². The molecule has 1 heterocycles. The minimum Gasteiger partial charge on any atom is -0.297 e. The molecule has 0 fully saturated rings. The van der Waals surface area contributed by atoms with Crippen molar-refractivity contribution in [3.05, 3.63) is 40.9 Å². The van der Waals surface area contributed by atoms with Gasteiger partial charge < -0.3 is 0 Å². The van der Waals surface area contributed by atoms with Gasteiger partial charge in [-0.15, -0.1) is 10.2 Å². The lowest BCUT2D eigenvalue weighted by Gasteiger charge is -2.04. The zero-order valence-corrected chi connectivity index (χ0v) is 17.1. The van der Waals surface area contributed by atoms with Crippen molar-refractivity contribution in [1.29, 1.82) is 0 Å². The average Bonchev–Trinajstić information content (AvgIpc) is 3.08. The highest BCUT2D eigenvalue weighted by Crippen LogP contribution is 2.17. The predicted molar refractivity (Wildman–Crippen MR) is 108 cm³/mol. The van der Waals surface area contributed by atoms with Gasteiger partial charge in [-0.2, -0.15) is 0 Å². The molecule has 1 aromatic carbocycles. The second kappa shape index (κ2) is 10.3. The van der Waals surface area contributed by atoms with E-state index in [1.165, 1.54) is 29.5 Å². The summed E-state index contributed by atoms with van der Waals surface area (Å²) in [5.41, 5.74) is 0.720. The average molecular weight is 409 g/mol. The van der Waals surface area contributed by atoms with Gasteiger partial charge in [0.1, 0.15) is 5.01 Å². The van der Waals surface area contributed by atoms with E-state index in [4.69, 9.17) is 0 Å². The van der Waals surface area contributed by atoms with Gasteiger partial charge in [-0.25, -0.2) is 13.1 Å². The maximum absolute atomic E-state index is 12.0. The van der Waals surface area contributed by atoms with Crippen LogP contribution in [0.15, 0.2) is 35.2 Å². The van der Waals surface area contributed by atoms with E-state index in [2.05, 4.69) is 27.2 Å². The second-order valence-electron chi connectivity index (χ2n) is 5.85. The molecule has 9 heteroatoms. The Morgan fingerprint density at radius 1 is 1.15 bits per heavy atom. The number of aryl methyl sites for hydroxylation is 1. The zero-order chi connectivity index (χ0) is 19.7. The molecular formula is C18H24N4O3S2. The third kappa shape index (κ3) is 6.85. The van der Waals surface area contributed by atoms with Gasteiger partial charge in [-0.05, 0) is 30.2 Å². The molecule has 0 unspecified atom stereocenters. The Morgan fingerprint density at radius 2 is 1.89 bits per heavy atom. The molecule has 0 bridgehead atoms. The molecule has 0 saturated heterocycles. The first kappa shape index (κ1) is 21.2. The van der Waals surface area contributed by atoms with Gasteiger partial charge in [0.2, 0.25) is 21.1 Å². The van der Waals surface area contributed by atoms with Gasteiger partial charge in [0.25, 0.3) is 0 Å². The smallest absolute Gasteiger partial charge is 0.250 e. The van der Waals surface area contributed by atoms with Gasteiger partial charge in [-0.3, -0.25) is 10.1 Å². The van der Waals surface area contributed by atoms with Crippen LogP contribution in [0.1, 0.15) is 43.7 Å². The Morgan fingerprint density at radius 3 is 2.56 bits per heavy atom. The molecule has 1 amide bonds. The third-order valence-electron chi connectivity index (χ3n) is 3.64. The first-order valence-corrected chi connectivity index (χ1v) is 11.2. The van der Waals surface area contributed by atoms with Crippen molar-refractivity contribution >= 4 is 38.5 Å². The molecular weight excluding hydrogens is 384 g/mol. The first-order chi connectivity index (χ1) is 12.9. The lowest BCUT2D eigenvalue weighted by atomic mass is 10.2. The number of anilines is 1. The van der Waals surface area contributed by atoms with E-state index >= 15 is 0 Å². The van der Waals surface area contributed by atoms with Crippen molar-refractivity contribution in [3.63, 3.8) is 0 Å². The highest BCUT2D eigenvalue weighted by atomic mass is 32.2. The summed E-state index contributed by atoms with van der Waals surface area (Å²) in [6, 6.07) is 6.29. The topological polar surface area (TPSA) is 101 Å². The van der Waals surface area contributed by atoms with Crippen molar-refractivity contribution in [2.45, 2.75) is 44.4 Å². The van der Waals surface area contributed by atoms with Crippen LogP contribution >= 0.6 is 11.3 Å². The summed E-state index contributed by atoms with van der Waals surface area (Å²) < 4.78 is 26.2. The Bertz CT molecular complexity index is 874. The fourth-order valence-corrected chi connectivity index (χ4v) is 4.11. The van der Waals surface area contributed by atoms with E-state index in [1.54, 1.807) is 25.1 Å². The molecule has 0 aliphatic carbocycles. The van der Waals surface area contributed by atoms with Crippen LogP contribution in [0.5, 0.6) is 0 Å². The maximum atomic E-state index is 12.0. The normalized spacial score (nSPS) is 11.8. The van der Waals surface area contributed by atoms with E-state index in [0.717, 1.165) is 36.3 Å². The number of benzene rings is 1. The van der Waals surface area contributed by atoms with Crippen LogP contribution in [0.25, 0.3) is 6.08 Å². The van der Waals surface area contributed by atoms with Crippen LogP contribution in [-0.4, -0.2) is 31.1 Å². The molecule has 2 aromatic rings. The molecule has 27 heavy (non-hydrogen) atoms. The Labute approximate surface area is 164 Å². The summed E-state index contributed by atoms with van der Waals surface area (Å²) in [7, 11) is -3.47. The van der Waals surface area contributed by atoms with Crippen LogP contribution in [0, 0.1) is 0 Å². The molecule has 2 N–H and O–H groups in total.